The van der Waals surface area contributed by atoms with Gasteiger partial charge < -0.3 is 4.74 Å². The summed E-state index contributed by atoms with van der Waals surface area (Å²) in [6.07, 6.45) is 4.12. The van der Waals surface area contributed by atoms with Crippen LogP contribution >= 0.6 is 0 Å². The lowest BCUT2D eigenvalue weighted by Gasteiger charge is -2.04. The second kappa shape index (κ2) is 6.65. The first-order valence-corrected chi connectivity index (χ1v) is 8.19. The minimum atomic E-state index is 0.861. The van der Waals surface area contributed by atoms with Crippen molar-refractivity contribution < 1.29 is 4.74 Å². The molecule has 0 bridgehead atoms. The zero-order chi connectivity index (χ0) is 17.1. The Morgan fingerprint density at radius 2 is 1.60 bits per heavy atom. The maximum Gasteiger partial charge on any atom is 0.118 e. The van der Waals surface area contributed by atoms with Gasteiger partial charge >= 0.3 is 0 Å². The molecule has 122 valence electrons. The van der Waals surface area contributed by atoms with E-state index in [0.717, 1.165) is 39.0 Å². The highest BCUT2D eigenvalue weighted by atomic mass is 16.5. The van der Waals surface area contributed by atoms with Gasteiger partial charge in [-0.3, -0.25) is 5.10 Å². The van der Waals surface area contributed by atoms with Crippen LogP contribution < -0.4 is 4.74 Å². The molecule has 25 heavy (non-hydrogen) atoms. The molecule has 0 spiro atoms. The Morgan fingerprint density at radius 3 is 2.36 bits per heavy atom. The molecular weight excluding hydrogens is 308 g/mol. The predicted octanol–water partition coefficient (Wildman–Crippen LogP) is 5.41. The van der Waals surface area contributed by atoms with Crippen LogP contribution in [0.4, 0.5) is 0 Å². The molecular formula is C22H18N2O. The van der Waals surface area contributed by atoms with Crippen LogP contribution in [-0.2, 0) is 0 Å². The van der Waals surface area contributed by atoms with E-state index >= 15 is 0 Å². The predicted molar refractivity (Wildman–Crippen MR) is 103 cm³/mol. The Morgan fingerprint density at radius 1 is 0.840 bits per heavy atom. The molecule has 1 N–H and O–H groups in total. The molecule has 0 atom stereocenters. The number of fused-ring (bicyclic) bond motifs is 1. The summed E-state index contributed by atoms with van der Waals surface area (Å²) >= 11 is 0. The largest absolute Gasteiger partial charge is 0.497 e. The second-order valence-corrected chi connectivity index (χ2v) is 5.84. The summed E-state index contributed by atoms with van der Waals surface area (Å²) in [7, 11) is 1.68. The SMILES string of the molecule is COc1ccc(-c2ccc3c(C=Cc4ccccc4)n[nH]c3c2)cc1. The molecule has 0 aliphatic carbocycles. The van der Waals surface area contributed by atoms with Gasteiger partial charge in [0.1, 0.15) is 5.75 Å². The van der Waals surface area contributed by atoms with E-state index in [1.165, 1.54) is 0 Å². The lowest BCUT2D eigenvalue weighted by molar-refractivity contribution is 0.415. The van der Waals surface area contributed by atoms with Gasteiger partial charge in [-0.1, -0.05) is 54.6 Å². The number of ether oxygens (including phenoxy) is 1. The van der Waals surface area contributed by atoms with Crippen molar-refractivity contribution >= 4 is 23.1 Å². The molecule has 3 heteroatoms. The number of hydrogen-bond donors (Lipinski definition) is 1. The van der Waals surface area contributed by atoms with Crippen LogP contribution in [0.1, 0.15) is 11.3 Å². The minimum absolute atomic E-state index is 0.861. The number of aromatic amines is 1. The van der Waals surface area contributed by atoms with Gasteiger partial charge in [0.05, 0.1) is 18.3 Å². The van der Waals surface area contributed by atoms with E-state index in [9.17, 15) is 0 Å². The Balaban J connectivity index is 1.65. The third-order valence-corrected chi connectivity index (χ3v) is 4.25. The first kappa shape index (κ1) is 15.2. The van der Waals surface area contributed by atoms with Gasteiger partial charge in [0.25, 0.3) is 0 Å². The monoisotopic (exact) mass is 326 g/mol. The van der Waals surface area contributed by atoms with Crippen LogP contribution in [0, 0.1) is 0 Å². The van der Waals surface area contributed by atoms with E-state index < -0.39 is 0 Å². The second-order valence-electron chi connectivity index (χ2n) is 5.84. The first-order valence-electron chi connectivity index (χ1n) is 8.19. The van der Waals surface area contributed by atoms with Crippen LogP contribution in [0.5, 0.6) is 5.75 Å². The highest BCUT2D eigenvalue weighted by Crippen LogP contribution is 2.27. The number of aromatic nitrogens is 2. The summed E-state index contributed by atoms with van der Waals surface area (Å²) in [6.45, 7) is 0. The fourth-order valence-corrected chi connectivity index (χ4v) is 2.87. The summed E-state index contributed by atoms with van der Waals surface area (Å²) in [5.41, 5.74) is 5.44. The van der Waals surface area contributed by atoms with Crippen molar-refractivity contribution in [1.82, 2.24) is 10.2 Å². The molecule has 0 aliphatic heterocycles. The minimum Gasteiger partial charge on any atom is -0.497 e. The third kappa shape index (κ3) is 3.17. The average Bonchev–Trinajstić information content (AvgIpc) is 3.09. The van der Waals surface area contributed by atoms with E-state index in [2.05, 4.69) is 58.7 Å². The number of benzene rings is 3. The number of methoxy groups -OCH3 is 1. The lowest BCUT2D eigenvalue weighted by Crippen LogP contribution is -1.83. The molecule has 4 aromatic rings. The van der Waals surface area contributed by atoms with Gasteiger partial charge in [-0.05, 0) is 47.0 Å². The fourth-order valence-electron chi connectivity index (χ4n) is 2.87. The maximum absolute atomic E-state index is 5.22. The van der Waals surface area contributed by atoms with Gasteiger partial charge in [0.15, 0.2) is 0 Å². The lowest BCUT2D eigenvalue weighted by atomic mass is 10.0. The molecule has 4 rings (SSSR count). The summed E-state index contributed by atoms with van der Waals surface area (Å²) in [5.74, 6) is 0.861. The first-order chi connectivity index (χ1) is 12.3. The van der Waals surface area contributed by atoms with Crippen molar-refractivity contribution in [2.45, 2.75) is 0 Å². The van der Waals surface area contributed by atoms with E-state index in [-0.39, 0.29) is 0 Å². The summed E-state index contributed by atoms with van der Waals surface area (Å²) in [5, 5.41) is 8.69. The Hall–Kier alpha value is -3.33. The van der Waals surface area contributed by atoms with E-state index in [4.69, 9.17) is 4.74 Å². The molecule has 1 heterocycles. The standard InChI is InChI=1S/C22H18N2O/c1-25-19-11-8-17(9-12-19)18-10-13-20-21(23-24-22(20)15-18)14-7-16-5-3-2-4-6-16/h2-15H,1H3,(H,23,24). The maximum atomic E-state index is 5.22. The summed E-state index contributed by atoms with van der Waals surface area (Å²) in [4.78, 5) is 0. The highest BCUT2D eigenvalue weighted by Gasteiger charge is 2.05. The molecule has 0 radical (unpaired) electrons. The van der Waals surface area contributed by atoms with E-state index in [0.29, 0.717) is 0 Å². The Labute approximate surface area is 146 Å². The highest BCUT2D eigenvalue weighted by molar-refractivity contribution is 5.92. The number of H-pyrrole nitrogens is 1. The van der Waals surface area contributed by atoms with Crippen LogP contribution in [0.2, 0.25) is 0 Å². The van der Waals surface area contributed by atoms with Crippen molar-refractivity contribution in [1.29, 1.82) is 0 Å². The number of hydrogen-bond acceptors (Lipinski definition) is 2. The molecule has 0 fully saturated rings. The smallest absolute Gasteiger partial charge is 0.118 e. The Kier molecular flexibility index (Phi) is 4.05. The molecule has 0 amide bonds. The van der Waals surface area contributed by atoms with Crippen molar-refractivity contribution in [2.24, 2.45) is 0 Å². The van der Waals surface area contributed by atoms with E-state index in [1.807, 2.05) is 36.4 Å². The molecule has 0 unspecified atom stereocenters. The summed E-state index contributed by atoms with van der Waals surface area (Å²) < 4.78 is 5.22. The normalized spacial score (nSPS) is 11.2. The molecule has 0 saturated carbocycles. The quantitative estimate of drug-likeness (QED) is 0.544. The number of nitrogens with one attached hydrogen (secondary N) is 1. The number of nitrogens with zero attached hydrogens (tertiary/aromatic N) is 1. The summed E-state index contributed by atoms with van der Waals surface area (Å²) in [6, 6.07) is 24.7. The molecule has 3 aromatic carbocycles. The van der Waals surface area contributed by atoms with Crippen LogP contribution in [-0.4, -0.2) is 17.3 Å². The third-order valence-electron chi connectivity index (χ3n) is 4.25. The van der Waals surface area contributed by atoms with Crippen molar-refractivity contribution in [2.75, 3.05) is 7.11 Å². The van der Waals surface area contributed by atoms with Crippen molar-refractivity contribution in [3.63, 3.8) is 0 Å². The van der Waals surface area contributed by atoms with Gasteiger partial charge in [0, 0.05) is 5.39 Å². The van der Waals surface area contributed by atoms with Gasteiger partial charge in [0.2, 0.25) is 0 Å². The van der Waals surface area contributed by atoms with Crippen LogP contribution in [0.3, 0.4) is 0 Å². The zero-order valence-corrected chi connectivity index (χ0v) is 13.9. The van der Waals surface area contributed by atoms with Gasteiger partial charge in [-0.2, -0.15) is 5.10 Å². The molecule has 0 saturated heterocycles. The Bertz CT molecular complexity index is 1020. The van der Waals surface area contributed by atoms with Crippen LogP contribution in [0.15, 0.2) is 72.8 Å². The van der Waals surface area contributed by atoms with Crippen molar-refractivity contribution in [3.05, 3.63) is 84.1 Å². The van der Waals surface area contributed by atoms with Gasteiger partial charge in [-0.15, -0.1) is 0 Å². The van der Waals surface area contributed by atoms with Gasteiger partial charge in [-0.25, -0.2) is 0 Å². The average molecular weight is 326 g/mol. The molecule has 1 aromatic heterocycles. The zero-order valence-electron chi connectivity index (χ0n) is 13.9. The van der Waals surface area contributed by atoms with Crippen LogP contribution in [0.25, 0.3) is 34.2 Å². The number of rotatable bonds is 4. The molecule has 3 nitrogen and oxygen atoms in total. The van der Waals surface area contributed by atoms with Crippen molar-refractivity contribution in [3.8, 4) is 16.9 Å². The van der Waals surface area contributed by atoms with E-state index in [1.54, 1.807) is 7.11 Å². The molecule has 0 aliphatic rings. The fraction of sp³-hybridized carbons (Fsp3) is 0.0455. The topological polar surface area (TPSA) is 37.9 Å².